The Hall–Kier alpha value is -1.56. The largest absolute Gasteiger partial charge is 0.496 e. The van der Waals surface area contributed by atoms with Gasteiger partial charge in [-0.25, -0.2) is 0 Å². The van der Waals surface area contributed by atoms with Crippen LogP contribution in [0, 0.1) is 0 Å². The summed E-state index contributed by atoms with van der Waals surface area (Å²) in [5.74, 6) is 0.640. The molecule has 1 aliphatic rings. The summed E-state index contributed by atoms with van der Waals surface area (Å²) < 4.78 is 17.0. The van der Waals surface area contributed by atoms with E-state index in [0.717, 1.165) is 11.1 Å². The van der Waals surface area contributed by atoms with Crippen LogP contribution in [0.5, 0.6) is 5.75 Å². The highest BCUT2D eigenvalue weighted by molar-refractivity contribution is 5.50. The summed E-state index contributed by atoms with van der Waals surface area (Å²) in [6, 6.07) is 3.97. The Morgan fingerprint density at radius 1 is 1.18 bits per heavy atom. The van der Waals surface area contributed by atoms with Crippen molar-refractivity contribution in [1.29, 1.82) is 0 Å². The maximum Gasteiger partial charge on any atom is 0.184 e. The number of hydrogen-bond donors (Lipinski definition) is 2. The third kappa shape index (κ3) is 3.27. The molecule has 1 aromatic carbocycles. The summed E-state index contributed by atoms with van der Waals surface area (Å²) in [5.41, 5.74) is 2.60. The van der Waals surface area contributed by atoms with Gasteiger partial charge in [-0.15, -0.1) is 0 Å². The van der Waals surface area contributed by atoms with Crippen LogP contribution in [0.2, 0.25) is 0 Å². The van der Waals surface area contributed by atoms with Crippen LogP contribution < -0.4 is 10.1 Å². The van der Waals surface area contributed by atoms with Gasteiger partial charge in [0.05, 0.1) is 19.3 Å². The van der Waals surface area contributed by atoms with Gasteiger partial charge >= 0.3 is 0 Å². The van der Waals surface area contributed by atoms with Gasteiger partial charge in [0.2, 0.25) is 0 Å². The lowest BCUT2D eigenvalue weighted by molar-refractivity contribution is -0.141. The Kier molecular flexibility index (Phi) is 5.83. The SMILES string of the molecule is CCOC(OCC)c1c(C2C=CN2)ccc(OC)c1[C@H](C)O. The summed E-state index contributed by atoms with van der Waals surface area (Å²) in [5, 5.41) is 13.5. The van der Waals surface area contributed by atoms with Crippen LogP contribution in [-0.4, -0.2) is 25.4 Å². The number of ether oxygens (including phenoxy) is 3. The van der Waals surface area contributed by atoms with Crippen molar-refractivity contribution in [1.82, 2.24) is 5.32 Å². The maximum atomic E-state index is 10.3. The number of methoxy groups -OCH3 is 1. The average molecular weight is 307 g/mol. The van der Waals surface area contributed by atoms with Crippen molar-refractivity contribution in [2.24, 2.45) is 0 Å². The number of aliphatic hydroxyl groups is 1. The summed E-state index contributed by atoms with van der Waals surface area (Å²) in [4.78, 5) is 0. The van der Waals surface area contributed by atoms with Gasteiger partial charge in [0.1, 0.15) is 5.75 Å². The number of benzene rings is 1. The highest BCUT2D eigenvalue weighted by Gasteiger charge is 2.29. The Balaban J connectivity index is 2.59. The highest BCUT2D eigenvalue weighted by atomic mass is 16.7. The topological polar surface area (TPSA) is 60.0 Å². The molecule has 1 unspecified atom stereocenters. The molecule has 0 aliphatic carbocycles. The molecule has 2 N–H and O–H groups in total. The van der Waals surface area contributed by atoms with E-state index in [4.69, 9.17) is 14.2 Å². The van der Waals surface area contributed by atoms with E-state index >= 15 is 0 Å². The molecule has 0 saturated heterocycles. The van der Waals surface area contributed by atoms with Gasteiger partial charge in [-0.05, 0) is 44.7 Å². The molecule has 1 aromatic rings. The zero-order chi connectivity index (χ0) is 16.1. The van der Waals surface area contributed by atoms with E-state index in [0.29, 0.717) is 24.5 Å². The molecule has 0 amide bonds. The van der Waals surface area contributed by atoms with E-state index in [-0.39, 0.29) is 6.04 Å². The maximum absolute atomic E-state index is 10.3. The predicted octanol–water partition coefficient (Wildman–Crippen LogP) is 2.98. The average Bonchev–Trinajstić information content (AvgIpc) is 2.44. The van der Waals surface area contributed by atoms with E-state index in [1.807, 2.05) is 32.2 Å². The van der Waals surface area contributed by atoms with E-state index in [2.05, 4.69) is 11.4 Å². The molecule has 0 saturated carbocycles. The first-order valence-corrected chi connectivity index (χ1v) is 7.68. The number of aliphatic hydroxyl groups excluding tert-OH is 1. The molecule has 0 radical (unpaired) electrons. The lowest BCUT2D eigenvalue weighted by Gasteiger charge is -2.30. The number of nitrogens with one attached hydrogen (secondary N) is 1. The molecule has 2 rings (SSSR count). The van der Waals surface area contributed by atoms with Crippen LogP contribution >= 0.6 is 0 Å². The minimum atomic E-state index is -0.683. The van der Waals surface area contributed by atoms with Crippen LogP contribution in [-0.2, 0) is 9.47 Å². The first kappa shape index (κ1) is 16.8. The minimum absolute atomic E-state index is 0.0989. The van der Waals surface area contributed by atoms with Gasteiger partial charge in [0.25, 0.3) is 0 Å². The number of hydrogen-bond acceptors (Lipinski definition) is 5. The van der Waals surface area contributed by atoms with Gasteiger partial charge in [-0.2, -0.15) is 0 Å². The van der Waals surface area contributed by atoms with Gasteiger partial charge in [-0.1, -0.05) is 6.07 Å². The first-order chi connectivity index (χ1) is 10.6. The highest BCUT2D eigenvalue weighted by Crippen LogP contribution is 2.40. The molecule has 0 bridgehead atoms. The van der Waals surface area contributed by atoms with Crippen LogP contribution in [0.1, 0.15) is 55.9 Å². The van der Waals surface area contributed by atoms with Gasteiger partial charge in [0.15, 0.2) is 6.29 Å². The van der Waals surface area contributed by atoms with Crippen molar-refractivity contribution in [3.63, 3.8) is 0 Å². The summed E-state index contributed by atoms with van der Waals surface area (Å²) in [6.07, 6.45) is 2.75. The molecule has 1 aliphatic heterocycles. The third-order valence-electron chi connectivity index (χ3n) is 3.69. The van der Waals surface area contributed by atoms with E-state index in [9.17, 15) is 5.11 Å². The zero-order valence-electron chi connectivity index (χ0n) is 13.6. The molecule has 0 fully saturated rings. The molecule has 5 nitrogen and oxygen atoms in total. The second-order valence-electron chi connectivity index (χ2n) is 5.11. The van der Waals surface area contributed by atoms with Gasteiger partial charge in [-0.3, -0.25) is 0 Å². The number of rotatable bonds is 8. The second-order valence-corrected chi connectivity index (χ2v) is 5.11. The smallest absolute Gasteiger partial charge is 0.184 e. The van der Waals surface area contributed by atoms with Crippen molar-refractivity contribution in [3.05, 3.63) is 41.1 Å². The van der Waals surface area contributed by atoms with E-state index in [1.165, 1.54) is 0 Å². The van der Waals surface area contributed by atoms with Crippen molar-refractivity contribution >= 4 is 0 Å². The van der Waals surface area contributed by atoms with Crippen LogP contribution in [0.3, 0.4) is 0 Å². The Morgan fingerprint density at radius 2 is 1.82 bits per heavy atom. The van der Waals surface area contributed by atoms with Crippen molar-refractivity contribution in [2.45, 2.75) is 39.2 Å². The Labute approximate surface area is 131 Å². The first-order valence-electron chi connectivity index (χ1n) is 7.68. The van der Waals surface area contributed by atoms with Crippen molar-refractivity contribution < 1.29 is 19.3 Å². The molecule has 22 heavy (non-hydrogen) atoms. The van der Waals surface area contributed by atoms with Gasteiger partial charge in [0, 0.05) is 24.3 Å². The third-order valence-corrected chi connectivity index (χ3v) is 3.69. The molecular formula is C17H25NO4. The second kappa shape index (κ2) is 7.63. The normalized spacial score (nSPS) is 18.0. The predicted molar refractivity (Wildman–Crippen MR) is 84.6 cm³/mol. The lowest BCUT2D eigenvalue weighted by atomic mass is 9.90. The monoisotopic (exact) mass is 307 g/mol. The zero-order valence-corrected chi connectivity index (χ0v) is 13.6. The molecule has 0 aromatic heterocycles. The fourth-order valence-electron chi connectivity index (χ4n) is 2.68. The molecule has 1 heterocycles. The van der Waals surface area contributed by atoms with Gasteiger partial charge < -0.3 is 24.6 Å². The fourth-order valence-corrected chi connectivity index (χ4v) is 2.68. The summed E-state index contributed by atoms with van der Waals surface area (Å²) in [6.45, 7) is 6.62. The van der Waals surface area contributed by atoms with Crippen LogP contribution in [0.25, 0.3) is 0 Å². The van der Waals surface area contributed by atoms with Crippen molar-refractivity contribution in [3.8, 4) is 5.75 Å². The quantitative estimate of drug-likeness (QED) is 0.723. The molecule has 0 spiro atoms. The molecule has 2 atom stereocenters. The minimum Gasteiger partial charge on any atom is -0.496 e. The molecule has 122 valence electrons. The standard InChI is InChI=1S/C17H25NO4/c1-5-21-17(22-6-2)16-12(13-9-10-18-13)7-8-14(20-4)15(16)11(3)19/h7-11,13,17-19H,5-6H2,1-4H3/t11-,13?/m0/s1. The van der Waals surface area contributed by atoms with Crippen molar-refractivity contribution in [2.75, 3.05) is 20.3 Å². The molecule has 5 heteroatoms. The lowest BCUT2D eigenvalue weighted by Crippen LogP contribution is -2.25. The fraction of sp³-hybridized carbons (Fsp3) is 0.529. The van der Waals surface area contributed by atoms with E-state index in [1.54, 1.807) is 14.0 Å². The van der Waals surface area contributed by atoms with Crippen LogP contribution in [0.4, 0.5) is 0 Å². The summed E-state index contributed by atoms with van der Waals surface area (Å²) in [7, 11) is 1.60. The summed E-state index contributed by atoms with van der Waals surface area (Å²) >= 11 is 0. The molecular weight excluding hydrogens is 282 g/mol. The van der Waals surface area contributed by atoms with Crippen LogP contribution in [0.15, 0.2) is 24.4 Å². The Morgan fingerprint density at radius 3 is 2.23 bits per heavy atom. The van der Waals surface area contributed by atoms with E-state index < -0.39 is 12.4 Å². The Bertz CT molecular complexity index is 522.